The highest BCUT2D eigenvalue weighted by molar-refractivity contribution is 5.19. The summed E-state index contributed by atoms with van der Waals surface area (Å²) < 4.78 is 11.4. The fraction of sp³-hybridized carbons (Fsp3) is 0.143. The Morgan fingerprint density at radius 3 is 2.78 bits per heavy atom. The molecule has 2 N–H and O–H groups in total. The minimum absolute atomic E-state index is 0.480. The molecule has 0 rings (SSSR count). The zero-order valence-corrected chi connectivity index (χ0v) is 5.18. The maximum absolute atomic E-state index is 11.4. The molecule has 0 aromatic rings. The Morgan fingerprint density at radius 2 is 2.33 bits per heavy atom. The van der Waals surface area contributed by atoms with Gasteiger partial charge in [-0.1, -0.05) is 18.7 Å². The van der Waals surface area contributed by atoms with E-state index in [2.05, 4.69) is 6.58 Å². The van der Waals surface area contributed by atoms with Crippen LogP contribution >= 0.6 is 0 Å². The van der Waals surface area contributed by atoms with Crippen LogP contribution in [0.15, 0.2) is 36.6 Å². The van der Waals surface area contributed by atoms with Crippen LogP contribution in [-0.4, -0.2) is 6.67 Å². The van der Waals surface area contributed by atoms with Crippen LogP contribution in [0.25, 0.3) is 0 Å². The van der Waals surface area contributed by atoms with Gasteiger partial charge in [0, 0.05) is 5.70 Å². The van der Waals surface area contributed by atoms with Crippen molar-refractivity contribution in [3.8, 4) is 0 Å². The molecule has 0 aliphatic heterocycles. The maximum atomic E-state index is 11.4. The van der Waals surface area contributed by atoms with E-state index in [4.69, 9.17) is 5.73 Å². The van der Waals surface area contributed by atoms with Crippen LogP contribution in [0.1, 0.15) is 0 Å². The molecule has 1 nitrogen and oxygen atoms in total. The molecule has 0 bridgehead atoms. The molecule has 0 radical (unpaired) electrons. The number of hydrogen-bond acceptors (Lipinski definition) is 1. The average molecular weight is 127 g/mol. The fourth-order valence-electron chi connectivity index (χ4n) is 0.372. The van der Waals surface area contributed by atoms with E-state index in [0.29, 0.717) is 5.70 Å². The van der Waals surface area contributed by atoms with E-state index < -0.39 is 6.67 Å². The van der Waals surface area contributed by atoms with Gasteiger partial charge in [0.15, 0.2) is 0 Å². The molecule has 0 aliphatic rings. The lowest BCUT2D eigenvalue weighted by Gasteiger charge is -1.85. The third-order valence-corrected chi connectivity index (χ3v) is 0.710. The van der Waals surface area contributed by atoms with E-state index in [9.17, 15) is 4.39 Å². The van der Waals surface area contributed by atoms with Crippen molar-refractivity contribution in [2.75, 3.05) is 6.67 Å². The Labute approximate surface area is 54.4 Å². The summed E-state index contributed by atoms with van der Waals surface area (Å²) in [5.41, 5.74) is 5.82. The van der Waals surface area contributed by atoms with Crippen LogP contribution < -0.4 is 5.73 Å². The normalized spacial score (nSPS) is 12.3. The topological polar surface area (TPSA) is 26.0 Å². The lowest BCUT2D eigenvalue weighted by Crippen LogP contribution is -1.90. The highest BCUT2D eigenvalue weighted by Gasteiger charge is 1.75. The molecule has 0 fully saturated rings. The molecule has 0 aromatic heterocycles. The third kappa shape index (κ3) is 4.81. The van der Waals surface area contributed by atoms with Gasteiger partial charge in [0.05, 0.1) is 0 Å². The van der Waals surface area contributed by atoms with Crippen molar-refractivity contribution in [2.45, 2.75) is 0 Å². The van der Waals surface area contributed by atoms with Gasteiger partial charge in [-0.2, -0.15) is 0 Å². The summed E-state index contributed by atoms with van der Waals surface area (Å²) in [6.45, 7) is 2.94. The summed E-state index contributed by atoms with van der Waals surface area (Å²) in [7, 11) is 0. The van der Waals surface area contributed by atoms with Crippen molar-refractivity contribution in [1.82, 2.24) is 0 Å². The SMILES string of the molecule is C=C/C=C(N)\C=C/CF. The summed E-state index contributed by atoms with van der Waals surface area (Å²) >= 11 is 0. The highest BCUT2D eigenvalue weighted by atomic mass is 19.1. The molecule has 9 heavy (non-hydrogen) atoms. The van der Waals surface area contributed by atoms with E-state index in [0.717, 1.165) is 0 Å². The molecule has 0 spiro atoms. The first-order chi connectivity index (χ1) is 4.31. The van der Waals surface area contributed by atoms with E-state index in [-0.39, 0.29) is 0 Å². The van der Waals surface area contributed by atoms with Crippen molar-refractivity contribution in [2.24, 2.45) is 5.73 Å². The molecular formula is C7H10FN. The van der Waals surface area contributed by atoms with Gasteiger partial charge in [0.2, 0.25) is 0 Å². The first-order valence-electron chi connectivity index (χ1n) is 2.62. The molecule has 0 heterocycles. The van der Waals surface area contributed by atoms with Crippen molar-refractivity contribution >= 4 is 0 Å². The van der Waals surface area contributed by atoms with E-state index >= 15 is 0 Å². The standard InChI is InChI=1S/C7H10FN/c1-2-4-7(9)5-3-6-8/h2-5H,1,6,9H2/b5-3-,7-4+. The quantitative estimate of drug-likeness (QED) is 0.572. The number of rotatable bonds is 3. The lowest BCUT2D eigenvalue weighted by molar-refractivity contribution is 0.561. The van der Waals surface area contributed by atoms with E-state index in [1.165, 1.54) is 12.2 Å². The summed E-state index contributed by atoms with van der Waals surface area (Å²) in [4.78, 5) is 0. The molecule has 0 atom stereocenters. The van der Waals surface area contributed by atoms with Gasteiger partial charge in [-0.3, -0.25) is 0 Å². The summed E-state index contributed by atoms with van der Waals surface area (Å²) in [6.07, 6.45) is 6.00. The van der Waals surface area contributed by atoms with Crippen LogP contribution in [0.4, 0.5) is 4.39 Å². The van der Waals surface area contributed by atoms with Crippen LogP contribution in [0.3, 0.4) is 0 Å². The smallest absolute Gasteiger partial charge is 0.108 e. The second-order valence-electron chi connectivity index (χ2n) is 1.46. The van der Waals surface area contributed by atoms with E-state index in [1.807, 2.05) is 0 Å². The second-order valence-corrected chi connectivity index (χ2v) is 1.46. The molecule has 0 aromatic carbocycles. The van der Waals surface area contributed by atoms with Crippen molar-refractivity contribution in [1.29, 1.82) is 0 Å². The predicted molar refractivity (Wildman–Crippen MR) is 37.6 cm³/mol. The monoisotopic (exact) mass is 127 g/mol. The summed E-state index contributed by atoms with van der Waals surface area (Å²) in [5, 5.41) is 0. The van der Waals surface area contributed by atoms with Crippen molar-refractivity contribution < 1.29 is 4.39 Å². The minimum Gasteiger partial charge on any atom is -0.399 e. The molecule has 0 aliphatic carbocycles. The Balaban J connectivity index is 3.74. The van der Waals surface area contributed by atoms with Gasteiger partial charge in [-0.15, -0.1) is 0 Å². The Kier molecular flexibility index (Phi) is 4.50. The van der Waals surface area contributed by atoms with Crippen molar-refractivity contribution in [3.63, 3.8) is 0 Å². The lowest BCUT2D eigenvalue weighted by atomic mass is 10.3. The Bertz CT molecular complexity index is 136. The van der Waals surface area contributed by atoms with Gasteiger partial charge in [0.1, 0.15) is 6.67 Å². The molecule has 0 amide bonds. The second kappa shape index (κ2) is 5.09. The highest BCUT2D eigenvalue weighted by Crippen LogP contribution is 1.86. The van der Waals surface area contributed by atoms with Crippen LogP contribution in [0, 0.1) is 0 Å². The van der Waals surface area contributed by atoms with Crippen LogP contribution in [0.2, 0.25) is 0 Å². The number of allylic oxidation sites excluding steroid dienone is 4. The summed E-state index contributed by atoms with van der Waals surface area (Å²) in [6, 6.07) is 0. The fourth-order valence-corrected chi connectivity index (χ4v) is 0.372. The van der Waals surface area contributed by atoms with Gasteiger partial charge in [-0.05, 0) is 12.2 Å². The molecule has 50 valence electrons. The average Bonchev–Trinajstić information content (AvgIpc) is 1.85. The minimum atomic E-state index is -0.480. The molecule has 2 heteroatoms. The maximum Gasteiger partial charge on any atom is 0.108 e. The Morgan fingerprint density at radius 1 is 1.67 bits per heavy atom. The van der Waals surface area contributed by atoms with Gasteiger partial charge < -0.3 is 5.73 Å². The van der Waals surface area contributed by atoms with Gasteiger partial charge in [0.25, 0.3) is 0 Å². The predicted octanol–water partition coefficient (Wildman–Crippen LogP) is 1.54. The number of alkyl halides is 1. The number of hydrogen-bond donors (Lipinski definition) is 1. The molecule has 0 saturated heterocycles. The number of nitrogens with two attached hydrogens (primary N) is 1. The largest absolute Gasteiger partial charge is 0.399 e. The molecule has 0 unspecified atom stereocenters. The zero-order valence-electron chi connectivity index (χ0n) is 5.18. The zero-order chi connectivity index (χ0) is 7.11. The Hall–Kier alpha value is -1.05. The van der Waals surface area contributed by atoms with Crippen LogP contribution in [0.5, 0.6) is 0 Å². The van der Waals surface area contributed by atoms with Crippen LogP contribution in [-0.2, 0) is 0 Å². The van der Waals surface area contributed by atoms with E-state index in [1.54, 1.807) is 12.2 Å². The summed E-state index contributed by atoms with van der Waals surface area (Å²) in [5.74, 6) is 0. The van der Waals surface area contributed by atoms with Crippen molar-refractivity contribution in [3.05, 3.63) is 36.6 Å². The van der Waals surface area contributed by atoms with Gasteiger partial charge >= 0.3 is 0 Å². The first kappa shape index (κ1) is 7.95. The molecular weight excluding hydrogens is 117 g/mol. The first-order valence-corrected chi connectivity index (χ1v) is 2.62. The van der Waals surface area contributed by atoms with Gasteiger partial charge in [-0.25, -0.2) is 4.39 Å². The number of halogens is 1. The third-order valence-electron chi connectivity index (χ3n) is 0.710. The molecule has 0 saturated carbocycles.